The van der Waals surface area contributed by atoms with Gasteiger partial charge >= 0.3 is 0 Å². The third kappa shape index (κ3) is 5.36. The molecular formula is C32H27BF5N. The second-order valence-corrected chi connectivity index (χ2v) is 9.45. The Labute approximate surface area is 225 Å². The molecule has 0 saturated carbocycles. The van der Waals surface area contributed by atoms with Crippen LogP contribution in [0.5, 0.6) is 0 Å². The van der Waals surface area contributed by atoms with Crippen molar-refractivity contribution in [2.75, 3.05) is 14.1 Å². The Morgan fingerprint density at radius 1 is 0.410 bits per heavy atom. The Kier molecular flexibility index (Phi) is 8.62. The van der Waals surface area contributed by atoms with Crippen molar-refractivity contribution in [2.24, 2.45) is 0 Å². The van der Waals surface area contributed by atoms with E-state index in [-0.39, 0.29) is 0 Å². The second kappa shape index (κ2) is 12.1. The minimum Gasteiger partial charge on any atom is -0.307 e. The third-order valence-electron chi connectivity index (χ3n) is 6.93. The maximum Gasteiger partial charge on any atom is 0.200 e. The molecule has 0 radical (unpaired) electrons. The van der Waals surface area contributed by atoms with Crippen molar-refractivity contribution < 1.29 is 26.9 Å². The van der Waals surface area contributed by atoms with Crippen molar-refractivity contribution in [3.05, 3.63) is 150 Å². The molecule has 0 amide bonds. The highest BCUT2D eigenvalue weighted by atomic mass is 19.2. The summed E-state index contributed by atoms with van der Waals surface area (Å²) in [5.74, 6) is -9.76. The summed E-state index contributed by atoms with van der Waals surface area (Å²) in [6.45, 7) is 0. The lowest BCUT2D eigenvalue weighted by Gasteiger charge is -2.44. The molecule has 0 aliphatic heterocycles. The summed E-state index contributed by atoms with van der Waals surface area (Å²) in [4.78, 5) is 1.37. The van der Waals surface area contributed by atoms with Crippen molar-refractivity contribution in [3.8, 4) is 0 Å². The number of quaternary nitrogens is 1. The number of nitrogens with one attached hydrogen (secondary N) is 1. The lowest BCUT2D eigenvalue weighted by Crippen LogP contribution is -3.00. The first-order valence-corrected chi connectivity index (χ1v) is 12.5. The topological polar surface area (TPSA) is 4.44 Å². The van der Waals surface area contributed by atoms with Gasteiger partial charge in [0.1, 0.15) is 23.5 Å². The van der Waals surface area contributed by atoms with Crippen LogP contribution in [-0.4, -0.2) is 20.2 Å². The van der Waals surface area contributed by atoms with Gasteiger partial charge < -0.3 is 4.90 Å². The Morgan fingerprint density at radius 3 is 0.974 bits per heavy atom. The molecule has 1 N–H and O–H groups in total. The molecule has 0 spiro atoms. The molecule has 0 aliphatic rings. The van der Waals surface area contributed by atoms with Crippen LogP contribution in [0.2, 0.25) is 0 Å². The second-order valence-electron chi connectivity index (χ2n) is 9.45. The van der Waals surface area contributed by atoms with E-state index in [1.54, 1.807) is 91.0 Å². The van der Waals surface area contributed by atoms with Gasteiger partial charge in [-0.25, -0.2) is 22.0 Å². The van der Waals surface area contributed by atoms with Crippen molar-refractivity contribution in [1.29, 1.82) is 0 Å². The Hall–Kier alpha value is -4.23. The lowest BCUT2D eigenvalue weighted by atomic mass is 9.13. The molecule has 0 aromatic heterocycles. The highest BCUT2D eigenvalue weighted by molar-refractivity contribution is 7.20. The number of hydrogen-bond donors (Lipinski definition) is 1. The number of rotatable bonds is 5. The highest BCUT2D eigenvalue weighted by Crippen LogP contribution is 2.21. The third-order valence-corrected chi connectivity index (χ3v) is 6.93. The molecule has 0 unspecified atom stereocenters. The standard InChI is InChI=1S/C24H15BF5.C8H11N/c26-20-19(21(27)23(29)24(30)22(20)28)25(16-10-4-1-5-11-16,17-12-6-2-7-13-17)18-14-8-3-9-15-18;1-9(2)8-6-4-3-5-7-8/h1-15H;3-7H,1-2H3/q-1;/p+1. The zero-order valence-electron chi connectivity index (χ0n) is 21.5. The summed E-state index contributed by atoms with van der Waals surface area (Å²) in [5, 5.41) is 0. The fourth-order valence-electron chi connectivity index (χ4n) is 5.08. The van der Waals surface area contributed by atoms with Crippen LogP contribution in [-0.2, 0) is 0 Å². The van der Waals surface area contributed by atoms with E-state index < -0.39 is 40.7 Å². The smallest absolute Gasteiger partial charge is 0.200 e. The quantitative estimate of drug-likeness (QED) is 0.150. The summed E-state index contributed by atoms with van der Waals surface area (Å²) < 4.78 is 73.0. The van der Waals surface area contributed by atoms with Gasteiger partial charge in [-0.3, -0.25) is 0 Å². The molecule has 39 heavy (non-hydrogen) atoms. The number of para-hydroxylation sites is 1. The summed E-state index contributed by atoms with van der Waals surface area (Å²) in [6, 6.07) is 35.4. The predicted octanol–water partition coefficient (Wildman–Crippen LogP) is 4.22. The zero-order valence-corrected chi connectivity index (χ0v) is 21.5. The molecule has 5 aromatic rings. The SMILES string of the molecule is C[NH+](C)c1ccccc1.Fc1c(F)c(F)c([B-](c2ccccc2)(c2ccccc2)c2ccccc2)c(F)c1F. The maximum atomic E-state index is 15.2. The van der Waals surface area contributed by atoms with Crippen LogP contribution in [0.25, 0.3) is 0 Å². The van der Waals surface area contributed by atoms with Crippen LogP contribution in [0.15, 0.2) is 121 Å². The first-order chi connectivity index (χ1) is 18.8. The summed E-state index contributed by atoms with van der Waals surface area (Å²) >= 11 is 0. The van der Waals surface area contributed by atoms with Gasteiger partial charge in [-0.15, -0.1) is 5.46 Å². The Morgan fingerprint density at radius 2 is 0.692 bits per heavy atom. The molecule has 5 rings (SSSR count). The number of halogens is 5. The maximum absolute atomic E-state index is 15.2. The van der Waals surface area contributed by atoms with Crippen LogP contribution >= 0.6 is 0 Å². The first kappa shape index (κ1) is 27.8. The van der Waals surface area contributed by atoms with Crippen molar-refractivity contribution in [1.82, 2.24) is 0 Å². The minimum atomic E-state index is -2.72. The van der Waals surface area contributed by atoms with Crippen molar-refractivity contribution in [2.45, 2.75) is 0 Å². The van der Waals surface area contributed by atoms with E-state index >= 15 is 8.78 Å². The normalized spacial score (nSPS) is 11.2. The molecule has 1 nitrogen and oxygen atoms in total. The average Bonchev–Trinajstić information content (AvgIpc) is 2.99. The van der Waals surface area contributed by atoms with E-state index in [2.05, 4.69) is 38.4 Å². The van der Waals surface area contributed by atoms with Crippen molar-refractivity contribution in [3.63, 3.8) is 0 Å². The zero-order chi connectivity index (χ0) is 28.0. The molecule has 0 atom stereocenters. The van der Waals surface area contributed by atoms with Crippen LogP contribution in [0.3, 0.4) is 0 Å². The summed E-state index contributed by atoms with van der Waals surface area (Å²) in [5.41, 5.74) is 1.77. The van der Waals surface area contributed by atoms with Gasteiger partial charge in [-0.05, 0) is 12.1 Å². The van der Waals surface area contributed by atoms with Crippen LogP contribution in [0, 0.1) is 29.1 Å². The monoisotopic (exact) mass is 531 g/mol. The fraction of sp³-hybridized carbons (Fsp3) is 0.0625. The minimum absolute atomic E-state index is 0.429. The Bertz CT molecular complexity index is 1390. The molecule has 5 aromatic carbocycles. The summed E-state index contributed by atoms with van der Waals surface area (Å²) in [7, 11) is 4.24. The summed E-state index contributed by atoms with van der Waals surface area (Å²) in [6.07, 6.45) is -2.72. The van der Waals surface area contributed by atoms with Gasteiger partial charge in [0, 0.05) is 0 Å². The van der Waals surface area contributed by atoms with Gasteiger partial charge in [0.15, 0.2) is 17.5 Å². The largest absolute Gasteiger partial charge is 0.307 e. The van der Waals surface area contributed by atoms with E-state index in [4.69, 9.17) is 0 Å². The molecule has 0 fully saturated rings. The Balaban J connectivity index is 0.000000333. The predicted molar refractivity (Wildman–Crippen MR) is 149 cm³/mol. The first-order valence-electron chi connectivity index (χ1n) is 12.5. The van der Waals surface area contributed by atoms with E-state index in [1.165, 1.54) is 10.6 Å². The van der Waals surface area contributed by atoms with Gasteiger partial charge in [-0.2, -0.15) is 16.4 Å². The van der Waals surface area contributed by atoms with Gasteiger partial charge in [0.05, 0.1) is 14.1 Å². The van der Waals surface area contributed by atoms with E-state index in [0.29, 0.717) is 16.4 Å². The van der Waals surface area contributed by atoms with E-state index in [9.17, 15) is 13.2 Å². The van der Waals surface area contributed by atoms with Gasteiger partial charge in [0.25, 0.3) is 0 Å². The van der Waals surface area contributed by atoms with Crippen LogP contribution in [0.1, 0.15) is 0 Å². The van der Waals surface area contributed by atoms with Gasteiger partial charge in [-0.1, -0.05) is 109 Å². The highest BCUT2D eigenvalue weighted by Gasteiger charge is 2.39. The average molecular weight is 531 g/mol. The number of benzene rings is 5. The van der Waals surface area contributed by atoms with Crippen molar-refractivity contribution >= 4 is 33.7 Å². The molecule has 0 heterocycles. The van der Waals surface area contributed by atoms with E-state index in [1.807, 2.05) is 6.07 Å². The lowest BCUT2D eigenvalue weighted by molar-refractivity contribution is -0.786. The van der Waals surface area contributed by atoms with Crippen LogP contribution < -0.4 is 26.8 Å². The molecule has 0 saturated heterocycles. The van der Waals surface area contributed by atoms with Gasteiger partial charge in [0.2, 0.25) is 0 Å². The molecule has 0 aliphatic carbocycles. The van der Waals surface area contributed by atoms with E-state index in [0.717, 1.165) is 0 Å². The molecular weight excluding hydrogens is 504 g/mol. The molecule has 0 bridgehead atoms. The molecule has 7 heteroatoms. The van der Waals surface area contributed by atoms with Crippen LogP contribution in [0.4, 0.5) is 27.6 Å². The number of hydrogen-bond acceptors (Lipinski definition) is 0. The molecule has 198 valence electrons. The fourth-order valence-corrected chi connectivity index (χ4v) is 5.08.